The number of nitrogens with two attached hydrogens (primary N) is 1. The largest absolute Gasteiger partial charge is 0.466 e. The molecule has 0 spiro atoms. The van der Waals surface area contributed by atoms with Crippen LogP contribution in [0.5, 0.6) is 0 Å². The van der Waals surface area contributed by atoms with Crippen LogP contribution < -0.4 is 5.73 Å². The van der Waals surface area contributed by atoms with Crippen molar-refractivity contribution in [3.63, 3.8) is 0 Å². The molecule has 0 bridgehead atoms. The first-order valence-electron chi connectivity index (χ1n) is 9.52. The SMILES string of the molecule is CCCCCCCCCCC[C@@H](C)C[C@@H](CN)C(=O)OCC. The van der Waals surface area contributed by atoms with E-state index in [-0.39, 0.29) is 11.9 Å². The Kier molecular flexibility index (Phi) is 14.9. The van der Waals surface area contributed by atoms with Crippen molar-refractivity contribution in [3.8, 4) is 0 Å². The van der Waals surface area contributed by atoms with E-state index in [2.05, 4.69) is 13.8 Å². The van der Waals surface area contributed by atoms with E-state index in [4.69, 9.17) is 10.5 Å². The minimum absolute atomic E-state index is 0.117. The number of esters is 1. The molecule has 2 atom stereocenters. The van der Waals surface area contributed by atoms with Crippen LogP contribution in [0.15, 0.2) is 0 Å². The van der Waals surface area contributed by atoms with Crippen LogP contribution in [0.1, 0.15) is 91.4 Å². The molecule has 0 aromatic rings. The molecule has 22 heavy (non-hydrogen) atoms. The lowest BCUT2D eigenvalue weighted by atomic mass is 9.91. The fourth-order valence-corrected chi connectivity index (χ4v) is 2.96. The lowest BCUT2D eigenvalue weighted by molar-refractivity contribution is -0.148. The van der Waals surface area contributed by atoms with Crippen LogP contribution in [0.3, 0.4) is 0 Å². The number of ether oxygens (including phenoxy) is 1. The third kappa shape index (κ3) is 12.0. The molecule has 0 heterocycles. The van der Waals surface area contributed by atoms with Gasteiger partial charge < -0.3 is 10.5 Å². The Hall–Kier alpha value is -0.570. The zero-order valence-corrected chi connectivity index (χ0v) is 15.2. The first-order chi connectivity index (χ1) is 10.7. The number of rotatable bonds is 15. The molecule has 2 N–H and O–H groups in total. The van der Waals surface area contributed by atoms with Crippen LogP contribution in [0.2, 0.25) is 0 Å². The molecule has 0 aromatic carbocycles. The first kappa shape index (κ1) is 21.4. The molecule has 0 aliphatic heterocycles. The summed E-state index contributed by atoms with van der Waals surface area (Å²) in [5.74, 6) is 0.319. The van der Waals surface area contributed by atoms with Gasteiger partial charge in [0.15, 0.2) is 0 Å². The minimum Gasteiger partial charge on any atom is -0.466 e. The second-order valence-corrected chi connectivity index (χ2v) is 6.64. The van der Waals surface area contributed by atoms with E-state index < -0.39 is 0 Å². The van der Waals surface area contributed by atoms with Gasteiger partial charge >= 0.3 is 5.97 Å². The maximum atomic E-state index is 11.7. The predicted molar refractivity (Wildman–Crippen MR) is 94.8 cm³/mol. The standard InChI is InChI=1S/C19H39NO2/c1-4-6-7-8-9-10-11-12-13-14-17(3)15-18(16-20)19(21)22-5-2/h17-18H,4-16,20H2,1-3H3/t17-,18+/m1/s1. The second kappa shape index (κ2) is 15.3. The monoisotopic (exact) mass is 313 g/mol. The van der Waals surface area contributed by atoms with Gasteiger partial charge in [0, 0.05) is 6.54 Å². The summed E-state index contributed by atoms with van der Waals surface area (Å²) in [4.78, 5) is 11.7. The normalized spacial score (nSPS) is 13.8. The highest BCUT2D eigenvalue weighted by Gasteiger charge is 2.20. The van der Waals surface area contributed by atoms with E-state index in [0.29, 0.717) is 19.1 Å². The van der Waals surface area contributed by atoms with E-state index in [0.717, 1.165) is 6.42 Å². The molecule has 3 nitrogen and oxygen atoms in total. The van der Waals surface area contributed by atoms with Gasteiger partial charge in [-0.25, -0.2) is 0 Å². The summed E-state index contributed by atoms with van der Waals surface area (Å²) in [5, 5.41) is 0. The van der Waals surface area contributed by atoms with Crippen molar-refractivity contribution in [2.45, 2.75) is 91.4 Å². The lowest BCUT2D eigenvalue weighted by Gasteiger charge is -2.18. The molecule has 0 unspecified atom stereocenters. The van der Waals surface area contributed by atoms with Crippen LogP contribution in [-0.2, 0) is 9.53 Å². The third-order valence-electron chi connectivity index (χ3n) is 4.39. The molecule has 0 aliphatic carbocycles. The third-order valence-corrected chi connectivity index (χ3v) is 4.39. The second-order valence-electron chi connectivity index (χ2n) is 6.64. The summed E-state index contributed by atoms with van der Waals surface area (Å²) in [6, 6.07) is 0. The molecule has 132 valence electrons. The van der Waals surface area contributed by atoms with Crippen molar-refractivity contribution in [2.75, 3.05) is 13.2 Å². The Morgan fingerprint density at radius 1 is 0.955 bits per heavy atom. The number of carbonyl (C=O) groups excluding carboxylic acids is 1. The molecule has 0 radical (unpaired) electrons. The van der Waals surface area contributed by atoms with E-state index in [1.54, 1.807) is 0 Å². The fraction of sp³-hybridized carbons (Fsp3) is 0.947. The summed E-state index contributed by atoms with van der Waals surface area (Å²) in [6.07, 6.45) is 14.3. The van der Waals surface area contributed by atoms with E-state index in [1.165, 1.54) is 64.2 Å². The zero-order chi connectivity index (χ0) is 16.6. The van der Waals surface area contributed by atoms with Gasteiger partial charge in [0.2, 0.25) is 0 Å². The van der Waals surface area contributed by atoms with Gasteiger partial charge in [0.25, 0.3) is 0 Å². The molecular formula is C19H39NO2. The number of carbonyl (C=O) groups is 1. The van der Waals surface area contributed by atoms with Gasteiger partial charge in [0.05, 0.1) is 12.5 Å². The Bertz CT molecular complexity index is 256. The predicted octanol–water partition coefficient (Wildman–Crippen LogP) is 5.07. The molecule has 0 amide bonds. The Balaban J connectivity index is 3.55. The molecule has 0 rings (SSSR count). The Labute approximate surface area is 138 Å². The lowest BCUT2D eigenvalue weighted by Crippen LogP contribution is -2.27. The molecule has 3 heteroatoms. The van der Waals surface area contributed by atoms with Crippen molar-refractivity contribution >= 4 is 5.97 Å². The van der Waals surface area contributed by atoms with Gasteiger partial charge in [0.1, 0.15) is 0 Å². The summed E-state index contributed by atoms with van der Waals surface area (Å²) in [7, 11) is 0. The van der Waals surface area contributed by atoms with Gasteiger partial charge in [-0.15, -0.1) is 0 Å². The van der Waals surface area contributed by atoms with Gasteiger partial charge in [-0.1, -0.05) is 78.1 Å². The molecule has 0 fully saturated rings. The van der Waals surface area contributed by atoms with Crippen LogP contribution in [0.25, 0.3) is 0 Å². The Morgan fingerprint density at radius 3 is 2.00 bits per heavy atom. The van der Waals surface area contributed by atoms with E-state index in [1.807, 2.05) is 6.92 Å². The highest BCUT2D eigenvalue weighted by atomic mass is 16.5. The molecular weight excluding hydrogens is 274 g/mol. The van der Waals surface area contributed by atoms with Crippen LogP contribution in [0, 0.1) is 11.8 Å². The maximum Gasteiger partial charge on any atom is 0.310 e. The smallest absolute Gasteiger partial charge is 0.310 e. The summed E-state index contributed by atoms with van der Waals surface area (Å²) < 4.78 is 5.07. The molecule has 0 saturated carbocycles. The topological polar surface area (TPSA) is 52.3 Å². The quantitative estimate of drug-likeness (QED) is 0.339. The van der Waals surface area contributed by atoms with E-state index >= 15 is 0 Å². The summed E-state index contributed by atoms with van der Waals surface area (Å²) >= 11 is 0. The summed E-state index contributed by atoms with van der Waals surface area (Å²) in [5.41, 5.74) is 5.70. The van der Waals surface area contributed by atoms with Gasteiger partial charge in [-0.2, -0.15) is 0 Å². The van der Waals surface area contributed by atoms with E-state index in [9.17, 15) is 4.79 Å². The average molecular weight is 314 g/mol. The van der Waals surface area contributed by atoms with Crippen molar-refractivity contribution in [2.24, 2.45) is 17.6 Å². The average Bonchev–Trinajstić information content (AvgIpc) is 2.51. The highest BCUT2D eigenvalue weighted by molar-refractivity contribution is 5.72. The number of hydrogen-bond donors (Lipinski definition) is 1. The van der Waals surface area contributed by atoms with Crippen molar-refractivity contribution in [1.29, 1.82) is 0 Å². The number of unbranched alkanes of at least 4 members (excludes halogenated alkanes) is 8. The van der Waals surface area contributed by atoms with Crippen molar-refractivity contribution in [1.82, 2.24) is 0 Å². The summed E-state index contributed by atoms with van der Waals surface area (Å²) in [6.45, 7) is 7.19. The number of hydrogen-bond acceptors (Lipinski definition) is 3. The molecule has 0 saturated heterocycles. The van der Waals surface area contributed by atoms with Crippen molar-refractivity contribution in [3.05, 3.63) is 0 Å². The van der Waals surface area contributed by atoms with Gasteiger partial charge in [-0.05, 0) is 19.3 Å². The van der Waals surface area contributed by atoms with Crippen LogP contribution in [0.4, 0.5) is 0 Å². The highest BCUT2D eigenvalue weighted by Crippen LogP contribution is 2.20. The van der Waals surface area contributed by atoms with Crippen molar-refractivity contribution < 1.29 is 9.53 Å². The Morgan fingerprint density at radius 2 is 1.50 bits per heavy atom. The minimum atomic E-state index is -0.121. The van der Waals surface area contributed by atoms with Gasteiger partial charge in [-0.3, -0.25) is 4.79 Å². The molecule has 0 aromatic heterocycles. The maximum absolute atomic E-state index is 11.7. The fourth-order valence-electron chi connectivity index (χ4n) is 2.96. The van der Waals surface area contributed by atoms with Crippen LogP contribution >= 0.6 is 0 Å². The molecule has 0 aliphatic rings. The van der Waals surface area contributed by atoms with Crippen LogP contribution in [-0.4, -0.2) is 19.1 Å². The zero-order valence-electron chi connectivity index (χ0n) is 15.2. The first-order valence-corrected chi connectivity index (χ1v) is 9.52.